The van der Waals surface area contributed by atoms with E-state index in [0.717, 1.165) is 18.0 Å². The van der Waals surface area contributed by atoms with Gasteiger partial charge < -0.3 is 9.84 Å². The van der Waals surface area contributed by atoms with Crippen LogP contribution in [0.3, 0.4) is 0 Å². The van der Waals surface area contributed by atoms with Gasteiger partial charge in [0, 0.05) is 6.07 Å². The molecular formula is C8H12N2O. The summed E-state index contributed by atoms with van der Waals surface area (Å²) in [5.74, 6) is 0.897. The third kappa shape index (κ3) is 1.28. The Morgan fingerprint density at radius 1 is 1.73 bits per heavy atom. The van der Waals surface area contributed by atoms with Crippen molar-refractivity contribution in [3.05, 3.63) is 17.5 Å². The molecule has 0 spiro atoms. The quantitative estimate of drug-likeness (QED) is 0.661. The number of nitrogens with one attached hydrogen (secondary N) is 1. The maximum Gasteiger partial charge on any atom is 0.133 e. The van der Waals surface area contributed by atoms with Gasteiger partial charge in [-0.3, -0.25) is 0 Å². The first-order valence-corrected chi connectivity index (χ1v) is 4.03. The zero-order valence-electron chi connectivity index (χ0n) is 6.63. The van der Waals surface area contributed by atoms with Crippen molar-refractivity contribution >= 4 is 0 Å². The summed E-state index contributed by atoms with van der Waals surface area (Å²) < 4.78 is 4.99. The summed E-state index contributed by atoms with van der Waals surface area (Å²) in [5, 5.41) is 7.32. The molecule has 1 aromatic rings. The maximum absolute atomic E-state index is 4.99. The molecule has 0 radical (unpaired) electrons. The zero-order valence-corrected chi connectivity index (χ0v) is 6.63. The lowest BCUT2D eigenvalue weighted by Gasteiger charge is -2.02. The Bertz CT molecular complexity index is 238. The smallest absolute Gasteiger partial charge is 0.133 e. The van der Waals surface area contributed by atoms with E-state index in [2.05, 4.69) is 10.5 Å². The molecule has 2 heterocycles. The van der Waals surface area contributed by atoms with Crippen LogP contribution in [-0.4, -0.2) is 11.7 Å². The lowest BCUT2D eigenvalue weighted by atomic mass is 10.1. The van der Waals surface area contributed by atoms with E-state index in [1.54, 1.807) is 0 Å². The van der Waals surface area contributed by atoms with E-state index in [4.69, 9.17) is 4.52 Å². The van der Waals surface area contributed by atoms with Crippen LogP contribution in [0.4, 0.5) is 0 Å². The number of rotatable bonds is 1. The highest BCUT2D eigenvalue weighted by Gasteiger charge is 2.18. The number of hydrogen-bond donors (Lipinski definition) is 1. The standard InChI is InChI=1S/C8H12N2O/c1-6-5-8(10-11-6)7-3-2-4-9-7/h5,7,9H,2-4H2,1H3/t7-/m1/s1. The topological polar surface area (TPSA) is 38.1 Å². The van der Waals surface area contributed by atoms with Crippen LogP contribution in [0.2, 0.25) is 0 Å². The predicted octanol–water partition coefficient (Wildman–Crippen LogP) is 1.41. The molecule has 1 aliphatic heterocycles. The van der Waals surface area contributed by atoms with Crippen molar-refractivity contribution in [1.29, 1.82) is 0 Å². The third-order valence-electron chi connectivity index (χ3n) is 2.06. The minimum Gasteiger partial charge on any atom is -0.361 e. The Morgan fingerprint density at radius 3 is 3.18 bits per heavy atom. The fourth-order valence-electron chi connectivity index (χ4n) is 1.49. The maximum atomic E-state index is 4.99. The minimum absolute atomic E-state index is 0.437. The summed E-state index contributed by atoms with van der Waals surface area (Å²) in [7, 11) is 0. The first-order valence-electron chi connectivity index (χ1n) is 4.03. The average molecular weight is 152 g/mol. The Balaban J connectivity index is 2.15. The van der Waals surface area contributed by atoms with Crippen LogP contribution < -0.4 is 5.32 Å². The number of hydrogen-bond acceptors (Lipinski definition) is 3. The summed E-state index contributed by atoms with van der Waals surface area (Å²) in [5.41, 5.74) is 1.06. The molecule has 60 valence electrons. The van der Waals surface area contributed by atoms with Gasteiger partial charge in [-0.25, -0.2) is 0 Å². The second kappa shape index (κ2) is 2.66. The van der Waals surface area contributed by atoms with E-state index in [1.807, 2.05) is 13.0 Å². The zero-order chi connectivity index (χ0) is 7.68. The normalized spacial score (nSPS) is 24.3. The molecule has 1 atom stereocenters. The van der Waals surface area contributed by atoms with Crippen LogP contribution in [-0.2, 0) is 0 Å². The van der Waals surface area contributed by atoms with Crippen LogP contribution in [0, 0.1) is 6.92 Å². The van der Waals surface area contributed by atoms with Gasteiger partial charge in [0.15, 0.2) is 0 Å². The Hall–Kier alpha value is -0.830. The second-order valence-electron chi connectivity index (χ2n) is 3.01. The highest BCUT2D eigenvalue weighted by molar-refractivity contribution is 5.09. The first kappa shape index (κ1) is 6.85. The number of aryl methyl sites for hydroxylation is 1. The molecule has 1 fully saturated rings. The van der Waals surface area contributed by atoms with Crippen molar-refractivity contribution in [1.82, 2.24) is 10.5 Å². The SMILES string of the molecule is Cc1cc([C@H]2CCCN2)no1. The van der Waals surface area contributed by atoms with Crippen molar-refractivity contribution in [3.63, 3.8) is 0 Å². The minimum atomic E-state index is 0.437. The van der Waals surface area contributed by atoms with Gasteiger partial charge in [-0.1, -0.05) is 5.16 Å². The summed E-state index contributed by atoms with van der Waals surface area (Å²) >= 11 is 0. The Morgan fingerprint density at radius 2 is 2.64 bits per heavy atom. The highest BCUT2D eigenvalue weighted by atomic mass is 16.5. The summed E-state index contributed by atoms with van der Waals surface area (Å²) in [6.45, 7) is 3.03. The number of nitrogens with zero attached hydrogens (tertiary/aromatic N) is 1. The Labute approximate surface area is 65.8 Å². The third-order valence-corrected chi connectivity index (χ3v) is 2.06. The summed E-state index contributed by atoms with van der Waals surface area (Å²) in [6.07, 6.45) is 2.43. The summed E-state index contributed by atoms with van der Waals surface area (Å²) in [6, 6.07) is 2.44. The molecule has 1 N–H and O–H groups in total. The van der Waals surface area contributed by atoms with Gasteiger partial charge in [0.2, 0.25) is 0 Å². The average Bonchev–Trinajstić information content (AvgIpc) is 2.55. The largest absolute Gasteiger partial charge is 0.361 e. The van der Waals surface area contributed by atoms with E-state index >= 15 is 0 Å². The van der Waals surface area contributed by atoms with Crippen LogP contribution in [0.15, 0.2) is 10.6 Å². The molecule has 1 saturated heterocycles. The molecular weight excluding hydrogens is 140 g/mol. The fraction of sp³-hybridized carbons (Fsp3) is 0.625. The molecule has 1 aromatic heterocycles. The lowest BCUT2D eigenvalue weighted by Crippen LogP contribution is -2.12. The molecule has 0 amide bonds. The van der Waals surface area contributed by atoms with Crippen LogP contribution in [0.5, 0.6) is 0 Å². The van der Waals surface area contributed by atoms with E-state index < -0.39 is 0 Å². The van der Waals surface area contributed by atoms with Gasteiger partial charge in [0.25, 0.3) is 0 Å². The van der Waals surface area contributed by atoms with Gasteiger partial charge >= 0.3 is 0 Å². The molecule has 0 aliphatic carbocycles. The molecule has 0 bridgehead atoms. The molecule has 3 nitrogen and oxygen atoms in total. The van der Waals surface area contributed by atoms with Gasteiger partial charge in [-0.05, 0) is 26.3 Å². The van der Waals surface area contributed by atoms with Crippen molar-refractivity contribution < 1.29 is 4.52 Å². The van der Waals surface area contributed by atoms with E-state index in [-0.39, 0.29) is 0 Å². The van der Waals surface area contributed by atoms with Gasteiger partial charge in [-0.2, -0.15) is 0 Å². The van der Waals surface area contributed by atoms with Crippen molar-refractivity contribution in [3.8, 4) is 0 Å². The lowest BCUT2D eigenvalue weighted by molar-refractivity contribution is 0.382. The van der Waals surface area contributed by atoms with Gasteiger partial charge in [0.05, 0.1) is 6.04 Å². The van der Waals surface area contributed by atoms with E-state index in [1.165, 1.54) is 12.8 Å². The van der Waals surface area contributed by atoms with Crippen LogP contribution in [0.25, 0.3) is 0 Å². The molecule has 11 heavy (non-hydrogen) atoms. The van der Waals surface area contributed by atoms with Crippen LogP contribution in [0.1, 0.15) is 30.3 Å². The van der Waals surface area contributed by atoms with Crippen molar-refractivity contribution in [2.45, 2.75) is 25.8 Å². The van der Waals surface area contributed by atoms with Gasteiger partial charge in [-0.15, -0.1) is 0 Å². The van der Waals surface area contributed by atoms with E-state index in [9.17, 15) is 0 Å². The van der Waals surface area contributed by atoms with Crippen LogP contribution >= 0.6 is 0 Å². The fourth-order valence-corrected chi connectivity index (χ4v) is 1.49. The number of aromatic nitrogens is 1. The second-order valence-corrected chi connectivity index (χ2v) is 3.01. The highest BCUT2D eigenvalue weighted by Crippen LogP contribution is 2.21. The monoisotopic (exact) mass is 152 g/mol. The molecule has 2 rings (SSSR count). The predicted molar refractivity (Wildman–Crippen MR) is 41.2 cm³/mol. The molecule has 1 aliphatic rings. The first-order chi connectivity index (χ1) is 5.36. The Kier molecular flexibility index (Phi) is 1.66. The molecule has 0 unspecified atom stereocenters. The molecule has 3 heteroatoms. The molecule has 0 aromatic carbocycles. The van der Waals surface area contributed by atoms with Crippen molar-refractivity contribution in [2.75, 3.05) is 6.54 Å². The van der Waals surface area contributed by atoms with E-state index in [0.29, 0.717) is 6.04 Å². The van der Waals surface area contributed by atoms with Crippen molar-refractivity contribution in [2.24, 2.45) is 0 Å². The van der Waals surface area contributed by atoms with Gasteiger partial charge in [0.1, 0.15) is 11.5 Å². The molecule has 0 saturated carbocycles. The summed E-state index contributed by atoms with van der Waals surface area (Å²) in [4.78, 5) is 0.